The quantitative estimate of drug-likeness (QED) is 0.748. The molecular weight excluding hydrogens is 245 g/mol. The van der Waals surface area contributed by atoms with Crippen molar-refractivity contribution in [1.29, 1.82) is 0 Å². The second kappa shape index (κ2) is 7.09. The number of carbonyl (C=O) groups excluding carboxylic acids is 1. The summed E-state index contributed by atoms with van der Waals surface area (Å²) >= 11 is 0. The Hall–Kier alpha value is -1.62. The molecule has 1 fully saturated rings. The lowest BCUT2D eigenvalue weighted by Gasteiger charge is -2.23. The first kappa shape index (κ1) is 13.8. The van der Waals surface area contributed by atoms with Crippen LogP contribution in [-0.4, -0.2) is 32.2 Å². The zero-order valence-corrected chi connectivity index (χ0v) is 11.0. The molecule has 3 N–H and O–H groups in total. The fourth-order valence-electron chi connectivity index (χ4n) is 2.38. The number of amides is 2. The number of nitrogens with one attached hydrogen (secondary N) is 3. The van der Waals surface area contributed by atoms with E-state index < -0.39 is 5.82 Å². The van der Waals surface area contributed by atoms with E-state index in [2.05, 4.69) is 10.6 Å². The molecule has 2 rings (SSSR count). The molecule has 1 heterocycles. The lowest BCUT2D eigenvalue weighted by Crippen LogP contribution is -3.13. The van der Waals surface area contributed by atoms with E-state index in [0.717, 1.165) is 6.54 Å². The van der Waals surface area contributed by atoms with Crippen LogP contribution in [0.3, 0.4) is 0 Å². The first-order chi connectivity index (χ1) is 9.25. The lowest BCUT2D eigenvalue weighted by atomic mass is 10.1. The van der Waals surface area contributed by atoms with Crippen molar-refractivity contribution in [3.8, 4) is 0 Å². The summed E-state index contributed by atoms with van der Waals surface area (Å²) in [5, 5.41) is 5.28. The monoisotopic (exact) mass is 266 g/mol. The average molecular weight is 266 g/mol. The molecule has 5 heteroatoms. The zero-order valence-electron chi connectivity index (χ0n) is 11.0. The molecule has 104 valence electrons. The highest BCUT2D eigenvalue weighted by molar-refractivity contribution is 5.89. The Morgan fingerprint density at radius 2 is 1.95 bits per heavy atom. The Bertz CT molecular complexity index is 419. The van der Waals surface area contributed by atoms with Gasteiger partial charge < -0.3 is 15.5 Å². The minimum absolute atomic E-state index is 0.213. The van der Waals surface area contributed by atoms with Crippen LogP contribution in [0.1, 0.15) is 19.3 Å². The van der Waals surface area contributed by atoms with Crippen LogP contribution in [-0.2, 0) is 0 Å². The summed E-state index contributed by atoms with van der Waals surface area (Å²) in [6.07, 6.45) is 3.87. The van der Waals surface area contributed by atoms with E-state index in [0.29, 0.717) is 6.54 Å². The van der Waals surface area contributed by atoms with E-state index >= 15 is 0 Å². The van der Waals surface area contributed by atoms with Crippen LogP contribution in [0, 0.1) is 5.82 Å². The van der Waals surface area contributed by atoms with Crippen LogP contribution in [0.15, 0.2) is 24.3 Å². The van der Waals surface area contributed by atoms with Gasteiger partial charge in [-0.15, -0.1) is 0 Å². The third-order valence-electron chi connectivity index (χ3n) is 3.45. The van der Waals surface area contributed by atoms with Gasteiger partial charge in [0.05, 0.1) is 31.9 Å². The minimum atomic E-state index is -0.417. The van der Waals surface area contributed by atoms with Crippen molar-refractivity contribution in [1.82, 2.24) is 5.32 Å². The molecule has 1 aromatic rings. The first-order valence-electron chi connectivity index (χ1n) is 6.88. The molecule has 0 bridgehead atoms. The van der Waals surface area contributed by atoms with Gasteiger partial charge in [0.1, 0.15) is 5.82 Å². The van der Waals surface area contributed by atoms with E-state index in [4.69, 9.17) is 0 Å². The normalized spacial score (nSPS) is 16.1. The molecule has 0 saturated carbocycles. The number of hydrogen-bond acceptors (Lipinski definition) is 1. The SMILES string of the molecule is O=C(NCC[NH+]1CCCCC1)Nc1ccccc1F. The van der Waals surface area contributed by atoms with Gasteiger partial charge in [-0.2, -0.15) is 0 Å². The first-order valence-corrected chi connectivity index (χ1v) is 6.88. The summed E-state index contributed by atoms with van der Waals surface area (Å²) in [4.78, 5) is 13.1. The molecule has 0 aromatic heterocycles. The molecule has 19 heavy (non-hydrogen) atoms. The van der Waals surface area contributed by atoms with Gasteiger partial charge in [0, 0.05) is 0 Å². The number of urea groups is 1. The van der Waals surface area contributed by atoms with Gasteiger partial charge in [-0.25, -0.2) is 9.18 Å². The maximum absolute atomic E-state index is 13.3. The number of halogens is 1. The molecule has 0 unspecified atom stereocenters. The topological polar surface area (TPSA) is 45.6 Å². The number of carbonyl (C=O) groups is 1. The van der Waals surface area contributed by atoms with E-state index in [9.17, 15) is 9.18 Å². The summed E-state index contributed by atoms with van der Waals surface area (Å²) in [6.45, 7) is 3.94. The Balaban J connectivity index is 1.68. The van der Waals surface area contributed by atoms with Crippen molar-refractivity contribution in [3.05, 3.63) is 30.1 Å². The van der Waals surface area contributed by atoms with Gasteiger partial charge in [-0.05, 0) is 31.4 Å². The minimum Gasteiger partial charge on any atom is -0.333 e. The molecule has 1 aliphatic rings. The number of benzene rings is 1. The van der Waals surface area contributed by atoms with Crippen LogP contribution in [0.4, 0.5) is 14.9 Å². The van der Waals surface area contributed by atoms with Crippen molar-refractivity contribution in [2.45, 2.75) is 19.3 Å². The summed E-state index contributed by atoms with van der Waals surface area (Å²) < 4.78 is 13.3. The second-order valence-electron chi connectivity index (χ2n) is 4.92. The predicted octanol–water partition coefficient (Wildman–Crippen LogP) is 1.02. The summed E-state index contributed by atoms with van der Waals surface area (Å²) in [5.74, 6) is -0.417. The predicted molar refractivity (Wildman–Crippen MR) is 72.8 cm³/mol. The maximum atomic E-state index is 13.3. The van der Waals surface area contributed by atoms with Crippen LogP contribution in [0.5, 0.6) is 0 Å². The highest BCUT2D eigenvalue weighted by Crippen LogP contribution is 2.11. The molecule has 0 radical (unpaired) electrons. The maximum Gasteiger partial charge on any atom is 0.319 e. The fraction of sp³-hybridized carbons (Fsp3) is 0.500. The Kier molecular flexibility index (Phi) is 5.15. The van der Waals surface area contributed by atoms with Gasteiger partial charge in [0.25, 0.3) is 0 Å². The lowest BCUT2D eigenvalue weighted by molar-refractivity contribution is -0.903. The number of piperidine rings is 1. The van der Waals surface area contributed by atoms with Crippen LogP contribution in [0.2, 0.25) is 0 Å². The van der Waals surface area contributed by atoms with Crippen molar-refractivity contribution >= 4 is 11.7 Å². The van der Waals surface area contributed by atoms with Gasteiger partial charge >= 0.3 is 6.03 Å². The Morgan fingerprint density at radius 1 is 1.21 bits per heavy atom. The van der Waals surface area contributed by atoms with E-state index in [-0.39, 0.29) is 11.7 Å². The molecule has 4 nitrogen and oxygen atoms in total. The number of quaternary nitrogens is 1. The van der Waals surface area contributed by atoms with Gasteiger partial charge in [-0.1, -0.05) is 12.1 Å². The molecule has 1 aromatic carbocycles. The number of likely N-dealkylation sites (tertiary alicyclic amines) is 1. The van der Waals surface area contributed by atoms with Crippen LogP contribution >= 0.6 is 0 Å². The van der Waals surface area contributed by atoms with Crippen molar-refractivity contribution in [3.63, 3.8) is 0 Å². The average Bonchev–Trinajstić information content (AvgIpc) is 2.43. The highest BCUT2D eigenvalue weighted by atomic mass is 19.1. The molecular formula is C14H21FN3O+. The van der Waals surface area contributed by atoms with Gasteiger partial charge in [0.2, 0.25) is 0 Å². The number of rotatable bonds is 4. The molecule has 1 aliphatic heterocycles. The molecule has 0 spiro atoms. The summed E-state index contributed by atoms with van der Waals surface area (Å²) in [6, 6.07) is 5.81. The molecule has 0 aliphatic carbocycles. The Labute approximate surface area is 113 Å². The Morgan fingerprint density at radius 3 is 2.68 bits per heavy atom. The summed E-state index contributed by atoms with van der Waals surface area (Å²) in [7, 11) is 0. The van der Waals surface area contributed by atoms with E-state index in [1.54, 1.807) is 18.2 Å². The molecule has 2 amide bonds. The fourth-order valence-corrected chi connectivity index (χ4v) is 2.38. The molecule has 1 saturated heterocycles. The van der Waals surface area contributed by atoms with Crippen molar-refractivity contribution in [2.75, 3.05) is 31.5 Å². The second-order valence-corrected chi connectivity index (χ2v) is 4.92. The standard InChI is InChI=1S/C14H20FN3O/c15-12-6-2-3-7-13(12)17-14(19)16-8-11-18-9-4-1-5-10-18/h2-3,6-7H,1,4-5,8-11H2,(H2,16,17,19)/p+1. The largest absolute Gasteiger partial charge is 0.333 e. The number of hydrogen-bond donors (Lipinski definition) is 3. The summed E-state index contributed by atoms with van der Waals surface area (Å²) in [5.41, 5.74) is 0.213. The zero-order chi connectivity index (χ0) is 13.5. The van der Waals surface area contributed by atoms with Crippen LogP contribution in [0.25, 0.3) is 0 Å². The van der Waals surface area contributed by atoms with Crippen molar-refractivity contribution < 1.29 is 14.1 Å². The third kappa shape index (κ3) is 4.52. The van der Waals surface area contributed by atoms with Gasteiger partial charge in [0.15, 0.2) is 0 Å². The van der Waals surface area contributed by atoms with Gasteiger partial charge in [-0.3, -0.25) is 0 Å². The smallest absolute Gasteiger partial charge is 0.319 e. The van der Waals surface area contributed by atoms with Crippen LogP contribution < -0.4 is 15.5 Å². The van der Waals surface area contributed by atoms with E-state index in [1.165, 1.54) is 43.3 Å². The molecule has 0 atom stereocenters. The van der Waals surface area contributed by atoms with E-state index in [1.807, 2.05) is 0 Å². The highest BCUT2D eigenvalue weighted by Gasteiger charge is 2.13. The van der Waals surface area contributed by atoms with Crippen molar-refractivity contribution in [2.24, 2.45) is 0 Å². The number of para-hydroxylation sites is 1. The third-order valence-corrected chi connectivity index (χ3v) is 3.45. The number of anilines is 1.